The zero-order valence-electron chi connectivity index (χ0n) is 3.89. The molecule has 0 aliphatic heterocycles. The number of rotatable bonds is 1. The van der Waals surface area contributed by atoms with Crippen molar-refractivity contribution in [1.29, 1.82) is 0 Å². The molecule has 8 heavy (non-hydrogen) atoms. The lowest BCUT2D eigenvalue weighted by Crippen LogP contribution is -2.48. The van der Waals surface area contributed by atoms with Crippen LogP contribution in [0, 0.1) is 0 Å². The molecule has 0 spiro atoms. The van der Waals surface area contributed by atoms with Gasteiger partial charge in [0.25, 0.3) is 0 Å². The highest BCUT2D eigenvalue weighted by atomic mass is 29.7. The van der Waals surface area contributed by atoms with Crippen LogP contribution in [0.5, 0.6) is 0 Å². The van der Waals surface area contributed by atoms with Crippen LogP contribution in [0.4, 0.5) is 20.5 Å². The molecule has 0 amide bonds. The van der Waals surface area contributed by atoms with Crippen LogP contribution in [0.2, 0.25) is 0 Å². The van der Waals surface area contributed by atoms with E-state index in [9.17, 15) is 20.5 Å². The first-order chi connectivity index (χ1) is 3.25. The molecule has 0 saturated heterocycles. The van der Waals surface area contributed by atoms with E-state index in [-0.39, 0.29) is 0 Å². The van der Waals surface area contributed by atoms with Crippen molar-refractivity contribution in [2.24, 2.45) is 0 Å². The van der Waals surface area contributed by atoms with E-state index in [0.29, 0.717) is 0 Å². The average Bonchev–Trinajstić information content (AvgIpc) is 1.25. The minimum Gasteiger partial charge on any atom is -0.270 e. The fourth-order valence-electron chi connectivity index (χ4n) is 0. The zero-order valence-corrected chi connectivity index (χ0v) is 7.89. The van der Waals surface area contributed by atoms with Crippen molar-refractivity contribution in [3.05, 3.63) is 0 Å². The highest BCUT2D eigenvalue weighted by Gasteiger charge is 2.64. The molecule has 0 radical (unpaired) electrons. The normalized spacial score (nSPS) is 14.6. The summed E-state index contributed by atoms with van der Waals surface area (Å²) in [5, 5.41) is 0. The first kappa shape index (κ1) is 8.30. The predicted molar refractivity (Wildman–Crippen MR) is 27.0 cm³/mol. The third-order valence-corrected chi connectivity index (χ3v) is 9.58. The Morgan fingerprint density at radius 2 is 1.00 bits per heavy atom. The second-order valence-corrected chi connectivity index (χ2v) is 15.3. The topological polar surface area (TPSA) is 0 Å². The molecular formula is H3F5Si3. The molecule has 0 aliphatic carbocycles. The van der Waals surface area contributed by atoms with Gasteiger partial charge in [-0.3, -0.25) is 8.22 Å². The van der Waals surface area contributed by atoms with Crippen molar-refractivity contribution in [3.8, 4) is 0 Å². The van der Waals surface area contributed by atoms with Crippen LogP contribution in [0.3, 0.4) is 0 Å². The monoisotopic (exact) mass is 182 g/mol. The van der Waals surface area contributed by atoms with Crippen LogP contribution in [0.1, 0.15) is 0 Å². The summed E-state index contributed by atoms with van der Waals surface area (Å²) in [6.45, 7) is 0. The second kappa shape index (κ2) is 1.92. The van der Waals surface area contributed by atoms with Crippen molar-refractivity contribution >= 4 is 26.1 Å². The standard InChI is InChI=1S/F5H3Si3/c1-7(2,3)8(4,5)6/h6H3. The molecule has 0 aliphatic rings. The van der Waals surface area contributed by atoms with Crippen LogP contribution in [-0.2, 0) is 0 Å². The third kappa shape index (κ3) is 2.05. The van der Waals surface area contributed by atoms with Crippen molar-refractivity contribution < 1.29 is 20.5 Å². The van der Waals surface area contributed by atoms with E-state index in [4.69, 9.17) is 0 Å². The maximum absolute atomic E-state index is 11.4. The summed E-state index contributed by atoms with van der Waals surface area (Å²) in [6, 6.07) is 0. The molecule has 0 nitrogen and oxygen atoms in total. The Kier molecular flexibility index (Phi) is 1.99. The van der Waals surface area contributed by atoms with E-state index < -0.39 is 26.1 Å². The van der Waals surface area contributed by atoms with Crippen molar-refractivity contribution in [2.45, 2.75) is 0 Å². The molecule has 0 aromatic heterocycles. The molecule has 0 atom stereocenters. The fraction of sp³-hybridized carbons (Fsp3) is 0. The molecule has 0 aromatic rings. The molecule has 0 bridgehead atoms. The molecule has 0 heterocycles. The first-order valence-corrected chi connectivity index (χ1v) is 9.58. The molecule has 50 valence electrons. The lowest BCUT2D eigenvalue weighted by Gasteiger charge is -2.05. The van der Waals surface area contributed by atoms with Gasteiger partial charge >= 0.3 is 16.4 Å². The van der Waals surface area contributed by atoms with Gasteiger partial charge in [0.2, 0.25) is 0 Å². The lowest BCUT2D eigenvalue weighted by molar-refractivity contribution is 0.478. The molecule has 0 N–H and O–H groups in total. The van der Waals surface area contributed by atoms with Gasteiger partial charge in [-0.2, -0.15) is 0 Å². The summed E-state index contributed by atoms with van der Waals surface area (Å²) in [4.78, 5) is 0. The molecule has 0 rings (SSSR count). The van der Waals surface area contributed by atoms with Gasteiger partial charge in [0.15, 0.2) is 0 Å². The maximum Gasteiger partial charge on any atom is 0.656 e. The summed E-state index contributed by atoms with van der Waals surface area (Å²) in [5.74, 6) is 0. The zero-order chi connectivity index (χ0) is 7.00. The molecule has 0 saturated carbocycles. The predicted octanol–water partition coefficient (Wildman–Crippen LogP) is 0.155. The lowest BCUT2D eigenvalue weighted by atomic mass is 18.7. The third-order valence-electron chi connectivity index (χ3n) is 0.498. The SMILES string of the molecule is F[Si](F)(F)[Si](F)(F)[SiH3]. The Morgan fingerprint density at radius 3 is 1.00 bits per heavy atom. The van der Waals surface area contributed by atoms with Crippen molar-refractivity contribution in [2.75, 3.05) is 0 Å². The van der Waals surface area contributed by atoms with E-state index in [2.05, 4.69) is 0 Å². The number of halogens is 5. The van der Waals surface area contributed by atoms with Gasteiger partial charge in [-0.1, -0.05) is 0 Å². The summed E-state index contributed by atoms with van der Waals surface area (Å²) in [5.41, 5.74) is 0. The first-order valence-electron chi connectivity index (χ1n) is 1.69. The largest absolute Gasteiger partial charge is 0.656 e. The summed E-state index contributed by atoms with van der Waals surface area (Å²) in [7, 11) is -13.0. The molecular weight excluding hydrogens is 179 g/mol. The van der Waals surface area contributed by atoms with E-state index in [1.807, 2.05) is 0 Å². The average molecular weight is 182 g/mol. The summed E-state index contributed by atoms with van der Waals surface area (Å²) >= 11 is 0. The van der Waals surface area contributed by atoms with Crippen LogP contribution in [0.25, 0.3) is 0 Å². The van der Waals surface area contributed by atoms with E-state index in [0.717, 1.165) is 0 Å². The van der Waals surface area contributed by atoms with Gasteiger partial charge in [-0.25, -0.2) is 12.3 Å². The second-order valence-electron chi connectivity index (χ2n) is 1.39. The molecule has 0 unspecified atom stereocenters. The van der Waals surface area contributed by atoms with Crippen LogP contribution in [-0.4, -0.2) is 26.1 Å². The smallest absolute Gasteiger partial charge is 0.270 e. The fourth-order valence-corrected chi connectivity index (χ4v) is 0. The van der Waals surface area contributed by atoms with Crippen LogP contribution >= 0.6 is 0 Å². The summed E-state index contributed by atoms with van der Waals surface area (Å²) < 4.78 is 55.9. The Labute approximate surface area is 47.6 Å². The quantitative estimate of drug-likeness (QED) is 0.308. The van der Waals surface area contributed by atoms with Gasteiger partial charge in [0.05, 0.1) is 9.76 Å². The minimum absolute atomic E-state index is 0.971. The Bertz CT molecular complexity index is 62.7. The Balaban J connectivity index is 4.02. The molecule has 0 fully saturated rings. The maximum atomic E-state index is 11.4. The number of hydrogen-bond acceptors (Lipinski definition) is 0. The van der Waals surface area contributed by atoms with E-state index in [1.54, 1.807) is 0 Å². The van der Waals surface area contributed by atoms with Gasteiger partial charge in [0, 0.05) is 0 Å². The van der Waals surface area contributed by atoms with Crippen molar-refractivity contribution in [3.63, 3.8) is 0 Å². The molecule has 8 heteroatoms. The van der Waals surface area contributed by atoms with Crippen LogP contribution in [0.15, 0.2) is 0 Å². The van der Waals surface area contributed by atoms with Gasteiger partial charge in [0.1, 0.15) is 0 Å². The highest BCUT2D eigenvalue weighted by molar-refractivity contribution is 7.46. The van der Waals surface area contributed by atoms with Gasteiger partial charge in [-0.05, 0) is 0 Å². The minimum atomic E-state index is -6.49. The van der Waals surface area contributed by atoms with Crippen molar-refractivity contribution in [1.82, 2.24) is 0 Å². The molecule has 0 aromatic carbocycles. The van der Waals surface area contributed by atoms with Crippen LogP contribution < -0.4 is 0 Å². The highest BCUT2D eigenvalue weighted by Crippen LogP contribution is 2.22. The summed E-state index contributed by atoms with van der Waals surface area (Å²) in [6.07, 6.45) is 0. The van der Waals surface area contributed by atoms with E-state index in [1.165, 1.54) is 0 Å². The Hall–Kier alpha value is 0.301. The Morgan fingerprint density at radius 1 is 0.875 bits per heavy atom. The van der Waals surface area contributed by atoms with Gasteiger partial charge in [-0.15, -0.1) is 0 Å². The van der Waals surface area contributed by atoms with E-state index >= 15 is 0 Å². The van der Waals surface area contributed by atoms with Gasteiger partial charge < -0.3 is 0 Å². The number of hydrogen-bond donors (Lipinski definition) is 0.